The van der Waals surface area contributed by atoms with E-state index in [9.17, 15) is 13.2 Å². The maximum Gasteiger partial charge on any atom is 0.341 e. The Morgan fingerprint density at radius 3 is 2.37 bits per heavy atom. The number of nitrogens with one attached hydrogen (secondary N) is 1. The number of carbonyl (C=O) groups is 1. The van der Waals surface area contributed by atoms with Crippen molar-refractivity contribution in [3.05, 3.63) is 94.2 Å². The van der Waals surface area contributed by atoms with Crippen molar-refractivity contribution in [1.82, 2.24) is 9.71 Å². The second-order valence-corrected chi connectivity index (χ2v) is 8.81. The molecule has 6 nitrogen and oxygen atoms in total. The molecule has 0 radical (unpaired) electrons. The van der Waals surface area contributed by atoms with Gasteiger partial charge in [-0.05, 0) is 42.0 Å². The van der Waals surface area contributed by atoms with Crippen molar-refractivity contribution in [2.75, 3.05) is 6.61 Å². The smallest absolute Gasteiger partial charge is 0.341 e. The molecule has 3 rings (SSSR count). The molecular weight excluding hydrogens is 447 g/mol. The van der Waals surface area contributed by atoms with Gasteiger partial charge in [0.2, 0.25) is 10.0 Å². The molecule has 0 amide bonds. The first-order chi connectivity index (χ1) is 14.4. The molecule has 0 saturated heterocycles. The van der Waals surface area contributed by atoms with Gasteiger partial charge in [0.15, 0.2) is 0 Å². The van der Waals surface area contributed by atoms with Gasteiger partial charge in [-0.2, -0.15) is 0 Å². The van der Waals surface area contributed by atoms with Gasteiger partial charge in [0.05, 0.1) is 23.1 Å². The molecule has 1 N–H and O–H groups in total. The summed E-state index contributed by atoms with van der Waals surface area (Å²) < 4.78 is 33.6. The molecule has 9 heteroatoms. The molecule has 0 aliphatic heterocycles. The first-order valence-electron chi connectivity index (χ1n) is 8.97. The van der Waals surface area contributed by atoms with E-state index < -0.39 is 22.0 Å². The number of sulfonamides is 1. The van der Waals surface area contributed by atoms with E-state index in [-0.39, 0.29) is 28.6 Å². The fraction of sp³-hybridized carbons (Fsp3) is 0.143. The molecule has 2 aromatic carbocycles. The van der Waals surface area contributed by atoms with Crippen molar-refractivity contribution in [1.29, 1.82) is 0 Å². The summed E-state index contributed by atoms with van der Waals surface area (Å²) in [7, 11) is -3.81. The zero-order chi connectivity index (χ0) is 21.6. The monoisotopic (exact) mass is 464 g/mol. The molecule has 0 saturated carbocycles. The van der Waals surface area contributed by atoms with Crippen LogP contribution < -0.4 is 4.72 Å². The van der Waals surface area contributed by atoms with Gasteiger partial charge in [-0.25, -0.2) is 22.9 Å². The molecule has 156 valence electrons. The van der Waals surface area contributed by atoms with Crippen molar-refractivity contribution in [2.45, 2.75) is 17.4 Å². The Balaban J connectivity index is 1.73. The highest BCUT2D eigenvalue weighted by atomic mass is 35.5. The van der Waals surface area contributed by atoms with E-state index in [2.05, 4.69) is 9.71 Å². The van der Waals surface area contributed by atoms with E-state index in [1.54, 1.807) is 30.3 Å². The Labute approximate surface area is 184 Å². The second kappa shape index (κ2) is 10.0. The number of aromatic nitrogens is 1. The number of pyridine rings is 1. The minimum Gasteiger partial charge on any atom is -0.462 e. The number of rotatable bonds is 8. The van der Waals surface area contributed by atoms with Crippen LogP contribution in [0.2, 0.25) is 10.2 Å². The van der Waals surface area contributed by atoms with Gasteiger partial charge in [0, 0.05) is 17.6 Å². The van der Waals surface area contributed by atoms with Crippen LogP contribution in [0.15, 0.2) is 77.8 Å². The molecule has 1 heterocycles. The fourth-order valence-corrected chi connectivity index (χ4v) is 4.32. The average Bonchev–Trinajstić information content (AvgIpc) is 2.74. The lowest BCUT2D eigenvalue weighted by Crippen LogP contribution is -2.29. The number of carbonyl (C=O) groups excluding carboxylic acids is 1. The summed E-state index contributed by atoms with van der Waals surface area (Å²) in [4.78, 5) is 16.2. The number of ether oxygens (including phenoxy) is 1. The molecule has 0 fully saturated rings. The minimum absolute atomic E-state index is 0.0211. The molecule has 0 bridgehead atoms. The Morgan fingerprint density at radius 1 is 1.00 bits per heavy atom. The van der Waals surface area contributed by atoms with E-state index in [1.165, 1.54) is 36.5 Å². The highest BCUT2D eigenvalue weighted by molar-refractivity contribution is 7.89. The normalized spacial score (nSPS) is 12.3. The van der Waals surface area contributed by atoms with E-state index in [4.69, 9.17) is 27.9 Å². The van der Waals surface area contributed by atoms with Gasteiger partial charge in [0.1, 0.15) is 5.15 Å². The number of hydrogen-bond donors (Lipinski definition) is 1. The average molecular weight is 465 g/mol. The molecule has 3 aromatic rings. The molecule has 0 aliphatic carbocycles. The molecular formula is C21H18Cl2N2O4S. The SMILES string of the molecule is O=C(OCCC(NS(=O)(=O)c1ccc(Cl)cc1)c1ccccc1)c1cccnc1Cl. The van der Waals surface area contributed by atoms with Crippen molar-refractivity contribution in [2.24, 2.45) is 0 Å². The van der Waals surface area contributed by atoms with Crippen LogP contribution in [0.5, 0.6) is 0 Å². The highest BCUT2D eigenvalue weighted by Gasteiger charge is 2.22. The second-order valence-electron chi connectivity index (χ2n) is 6.30. The van der Waals surface area contributed by atoms with Gasteiger partial charge in [-0.15, -0.1) is 0 Å². The lowest BCUT2D eigenvalue weighted by Gasteiger charge is -2.19. The zero-order valence-electron chi connectivity index (χ0n) is 15.7. The fourth-order valence-electron chi connectivity index (χ4n) is 2.73. The largest absolute Gasteiger partial charge is 0.462 e. The van der Waals surface area contributed by atoms with Gasteiger partial charge in [0.25, 0.3) is 0 Å². The quantitative estimate of drug-likeness (QED) is 0.387. The summed E-state index contributed by atoms with van der Waals surface area (Å²) >= 11 is 11.8. The van der Waals surface area contributed by atoms with Crippen LogP contribution in [-0.4, -0.2) is 26.0 Å². The Bertz CT molecular complexity index is 1110. The van der Waals surface area contributed by atoms with E-state index >= 15 is 0 Å². The van der Waals surface area contributed by atoms with Crippen molar-refractivity contribution in [3.63, 3.8) is 0 Å². The Kier molecular flexibility index (Phi) is 7.44. The predicted octanol–water partition coefficient (Wildman–Crippen LogP) is 4.66. The first-order valence-corrected chi connectivity index (χ1v) is 11.2. The van der Waals surface area contributed by atoms with Crippen LogP contribution >= 0.6 is 23.2 Å². The number of benzene rings is 2. The van der Waals surface area contributed by atoms with Gasteiger partial charge >= 0.3 is 5.97 Å². The molecule has 0 spiro atoms. The van der Waals surface area contributed by atoms with Gasteiger partial charge in [-0.1, -0.05) is 53.5 Å². The van der Waals surface area contributed by atoms with Crippen molar-refractivity contribution >= 4 is 39.2 Å². The van der Waals surface area contributed by atoms with Crippen LogP contribution in [0.3, 0.4) is 0 Å². The standard InChI is InChI=1S/C21H18Cl2N2O4S/c22-16-8-10-17(11-9-16)30(27,28)25-19(15-5-2-1-3-6-15)12-14-29-21(26)18-7-4-13-24-20(18)23/h1-11,13,19,25H,12,14H2. The molecule has 0 aliphatic rings. The maximum absolute atomic E-state index is 12.8. The maximum atomic E-state index is 12.8. The number of hydrogen-bond acceptors (Lipinski definition) is 5. The highest BCUT2D eigenvalue weighted by Crippen LogP contribution is 2.22. The summed E-state index contributed by atoms with van der Waals surface area (Å²) in [5.41, 5.74) is 0.891. The Hall–Kier alpha value is -2.45. The van der Waals surface area contributed by atoms with Crippen molar-refractivity contribution < 1.29 is 17.9 Å². The molecule has 1 atom stereocenters. The summed E-state index contributed by atoms with van der Waals surface area (Å²) in [6, 6.07) is 17.4. The molecule has 1 unspecified atom stereocenters. The van der Waals surface area contributed by atoms with Crippen LogP contribution in [-0.2, 0) is 14.8 Å². The third kappa shape index (κ3) is 5.79. The van der Waals surface area contributed by atoms with Gasteiger partial charge in [-0.3, -0.25) is 0 Å². The Morgan fingerprint density at radius 2 is 1.70 bits per heavy atom. The predicted molar refractivity (Wildman–Crippen MR) is 115 cm³/mol. The summed E-state index contributed by atoms with van der Waals surface area (Å²) in [5.74, 6) is -0.625. The summed E-state index contributed by atoms with van der Waals surface area (Å²) in [5, 5.41) is 0.486. The number of halogens is 2. The lowest BCUT2D eigenvalue weighted by atomic mass is 10.1. The zero-order valence-corrected chi connectivity index (χ0v) is 18.0. The van der Waals surface area contributed by atoms with Crippen LogP contribution in [0, 0.1) is 0 Å². The van der Waals surface area contributed by atoms with E-state index in [0.29, 0.717) is 5.02 Å². The lowest BCUT2D eigenvalue weighted by molar-refractivity contribution is 0.0491. The molecule has 30 heavy (non-hydrogen) atoms. The topological polar surface area (TPSA) is 85.4 Å². The number of esters is 1. The minimum atomic E-state index is -3.81. The summed E-state index contributed by atoms with van der Waals surface area (Å²) in [6.07, 6.45) is 1.69. The van der Waals surface area contributed by atoms with Crippen molar-refractivity contribution in [3.8, 4) is 0 Å². The third-order valence-corrected chi connectivity index (χ3v) is 6.28. The van der Waals surface area contributed by atoms with E-state index in [1.807, 2.05) is 6.07 Å². The van der Waals surface area contributed by atoms with Crippen LogP contribution in [0.4, 0.5) is 0 Å². The number of nitrogens with zero attached hydrogens (tertiary/aromatic N) is 1. The van der Waals surface area contributed by atoms with Crippen LogP contribution in [0.25, 0.3) is 0 Å². The van der Waals surface area contributed by atoms with Crippen LogP contribution in [0.1, 0.15) is 28.4 Å². The first kappa shape index (κ1) is 22.2. The molecule has 1 aromatic heterocycles. The summed E-state index contributed by atoms with van der Waals surface area (Å²) in [6.45, 7) is -0.0211. The third-order valence-electron chi connectivity index (χ3n) is 4.24. The van der Waals surface area contributed by atoms with Gasteiger partial charge < -0.3 is 4.74 Å². The van der Waals surface area contributed by atoms with E-state index in [0.717, 1.165) is 5.56 Å².